The molecule has 2 aromatic rings. The minimum absolute atomic E-state index is 0.277. The summed E-state index contributed by atoms with van der Waals surface area (Å²) in [5.74, 6) is 0.808. The molecule has 0 amide bonds. The van der Waals surface area contributed by atoms with Crippen molar-refractivity contribution in [2.45, 2.75) is 13.3 Å². The van der Waals surface area contributed by atoms with Crippen molar-refractivity contribution in [1.29, 1.82) is 0 Å². The topological polar surface area (TPSA) is 51.0 Å². The molecule has 0 aliphatic carbocycles. The fraction of sp³-hybridized carbons (Fsp3) is 0.333. The second kappa shape index (κ2) is 5.54. The molecule has 1 aromatic heterocycles. The Morgan fingerprint density at radius 3 is 2.76 bits per heavy atom. The highest BCUT2D eigenvalue weighted by Gasteiger charge is 2.08. The van der Waals surface area contributed by atoms with Crippen LogP contribution in [0.2, 0.25) is 0 Å². The van der Waals surface area contributed by atoms with Crippen LogP contribution in [0.5, 0.6) is 0 Å². The third-order valence-electron chi connectivity index (χ3n) is 2.33. The highest BCUT2D eigenvalue weighted by Crippen LogP contribution is 2.17. The smallest absolute Gasteiger partial charge is 0.257 e. The molecule has 17 heavy (non-hydrogen) atoms. The zero-order valence-corrected chi connectivity index (χ0v) is 9.61. The van der Waals surface area contributed by atoms with Crippen molar-refractivity contribution in [3.05, 3.63) is 35.9 Å². The van der Waals surface area contributed by atoms with E-state index in [-0.39, 0.29) is 5.82 Å². The van der Waals surface area contributed by atoms with Gasteiger partial charge in [0.05, 0.1) is 0 Å². The van der Waals surface area contributed by atoms with Crippen molar-refractivity contribution in [2.75, 3.05) is 13.1 Å². The predicted octanol–water partition coefficient (Wildman–Crippen LogP) is 2.03. The Morgan fingerprint density at radius 2 is 2.06 bits per heavy atom. The monoisotopic (exact) mass is 235 g/mol. The van der Waals surface area contributed by atoms with E-state index in [0.29, 0.717) is 11.7 Å². The van der Waals surface area contributed by atoms with E-state index >= 15 is 0 Å². The zero-order valence-electron chi connectivity index (χ0n) is 9.61. The summed E-state index contributed by atoms with van der Waals surface area (Å²) in [4.78, 5) is 4.24. The SMILES string of the molecule is CCNCCc1noc(-c2ccc(F)cc2)n1. The lowest BCUT2D eigenvalue weighted by molar-refractivity contribution is 0.421. The quantitative estimate of drug-likeness (QED) is 0.806. The molecule has 0 fully saturated rings. The molecule has 1 heterocycles. The van der Waals surface area contributed by atoms with Crippen LogP contribution in [0.1, 0.15) is 12.7 Å². The minimum Gasteiger partial charge on any atom is -0.334 e. The fourth-order valence-electron chi connectivity index (χ4n) is 1.44. The standard InChI is InChI=1S/C12H14FN3O/c1-2-14-8-7-11-15-12(17-16-11)9-3-5-10(13)6-4-9/h3-6,14H,2,7-8H2,1H3. The summed E-state index contributed by atoms with van der Waals surface area (Å²) >= 11 is 0. The molecular weight excluding hydrogens is 221 g/mol. The molecule has 0 aliphatic heterocycles. The molecule has 0 bridgehead atoms. The van der Waals surface area contributed by atoms with Crippen molar-refractivity contribution in [3.63, 3.8) is 0 Å². The minimum atomic E-state index is -0.277. The number of aromatic nitrogens is 2. The average Bonchev–Trinajstić information content (AvgIpc) is 2.79. The molecule has 0 spiro atoms. The lowest BCUT2D eigenvalue weighted by atomic mass is 10.2. The molecule has 1 N–H and O–H groups in total. The third kappa shape index (κ3) is 3.10. The molecule has 90 valence electrons. The normalized spacial score (nSPS) is 10.7. The van der Waals surface area contributed by atoms with E-state index in [0.717, 1.165) is 25.1 Å². The van der Waals surface area contributed by atoms with Crippen molar-refractivity contribution in [3.8, 4) is 11.5 Å². The van der Waals surface area contributed by atoms with E-state index in [4.69, 9.17) is 4.52 Å². The van der Waals surface area contributed by atoms with Crippen molar-refractivity contribution < 1.29 is 8.91 Å². The highest BCUT2D eigenvalue weighted by atomic mass is 19.1. The Balaban J connectivity index is 2.04. The van der Waals surface area contributed by atoms with E-state index in [1.807, 2.05) is 6.92 Å². The first-order chi connectivity index (χ1) is 8.29. The number of likely N-dealkylation sites (N-methyl/N-ethyl adjacent to an activating group) is 1. The number of benzene rings is 1. The van der Waals surface area contributed by atoms with Gasteiger partial charge in [-0.05, 0) is 30.8 Å². The second-order valence-electron chi connectivity index (χ2n) is 3.63. The Morgan fingerprint density at radius 1 is 1.29 bits per heavy atom. The molecule has 0 unspecified atom stereocenters. The lowest BCUT2D eigenvalue weighted by Crippen LogP contribution is -2.16. The van der Waals surface area contributed by atoms with Crippen molar-refractivity contribution >= 4 is 0 Å². The maximum absolute atomic E-state index is 12.7. The molecule has 0 radical (unpaired) electrons. The molecule has 5 heteroatoms. The van der Waals surface area contributed by atoms with Gasteiger partial charge in [0.15, 0.2) is 5.82 Å². The summed E-state index contributed by atoms with van der Waals surface area (Å²) in [6.45, 7) is 3.78. The van der Waals surface area contributed by atoms with Gasteiger partial charge < -0.3 is 9.84 Å². The van der Waals surface area contributed by atoms with Gasteiger partial charge in [-0.25, -0.2) is 4.39 Å². The number of rotatable bonds is 5. The third-order valence-corrected chi connectivity index (χ3v) is 2.33. The van der Waals surface area contributed by atoms with Crippen LogP contribution in [0.15, 0.2) is 28.8 Å². The van der Waals surface area contributed by atoms with Crippen molar-refractivity contribution in [2.24, 2.45) is 0 Å². The van der Waals surface area contributed by atoms with Gasteiger partial charge >= 0.3 is 0 Å². The van der Waals surface area contributed by atoms with E-state index in [2.05, 4.69) is 15.5 Å². The molecule has 1 aromatic carbocycles. The van der Waals surface area contributed by atoms with Gasteiger partial charge in [0, 0.05) is 18.5 Å². The Hall–Kier alpha value is -1.75. The van der Waals surface area contributed by atoms with Crippen LogP contribution >= 0.6 is 0 Å². The van der Waals surface area contributed by atoms with Gasteiger partial charge in [0.1, 0.15) is 5.82 Å². The number of nitrogens with zero attached hydrogens (tertiary/aromatic N) is 2. The van der Waals surface area contributed by atoms with Gasteiger partial charge in [-0.2, -0.15) is 4.98 Å². The number of halogens is 1. The summed E-state index contributed by atoms with van der Waals surface area (Å²) in [5, 5.41) is 7.05. The molecule has 0 saturated carbocycles. The van der Waals surface area contributed by atoms with Gasteiger partial charge in [-0.15, -0.1) is 0 Å². The number of hydrogen-bond donors (Lipinski definition) is 1. The van der Waals surface area contributed by atoms with Crippen molar-refractivity contribution in [1.82, 2.24) is 15.5 Å². The Labute approximate surface area is 98.8 Å². The first-order valence-electron chi connectivity index (χ1n) is 5.59. The summed E-state index contributed by atoms with van der Waals surface area (Å²) in [7, 11) is 0. The Bertz CT molecular complexity index is 467. The van der Waals surface area contributed by atoms with Crippen LogP contribution in [0.25, 0.3) is 11.5 Å². The van der Waals surface area contributed by atoms with Crippen LogP contribution in [-0.4, -0.2) is 23.2 Å². The molecule has 0 aliphatic rings. The molecule has 4 nitrogen and oxygen atoms in total. The van der Waals surface area contributed by atoms with Gasteiger partial charge in [0.25, 0.3) is 5.89 Å². The maximum Gasteiger partial charge on any atom is 0.257 e. The molecule has 0 atom stereocenters. The van der Waals surface area contributed by atoms with Crippen LogP contribution in [0, 0.1) is 5.82 Å². The van der Waals surface area contributed by atoms with E-state index in [1.165, 1.54) is 12.1 Å². The molecular formula is C12H14FN3O. The predicted molar refractivity (Wildman–Crippen MR) is 61.9 cm³/mol. The summed E-state index contributed by atoms with van der Waals surface area (Å²) in [5.41, 5.74) is 0.730. The molecule has 0 saturated heterocycles. The second-order valence-corrected chi connectivity index (χ2v) is 3.63. The average molecular weight is 235 g/mol. The van der Waals surface area contributed by atoms with Gasteiger partial charge in [0.2, 0.25) is 0 Å². The van der Waals surface area contributed by atoms with E-state index in [1.54, 1.807) is 12.1 Å². The van der Waals surface area contributed by atoms with E-state index in [9.17, 15) is 4.39 Å². The summed E-state index contributed by atoms with van der Waals surface area (Å²) in [6, 6.07) is 5.99. The fourth-order valence-corrected chi connectivity index (χ4v) is 1.44. The first kappa shape index (κ1) is 11.7. The van der Waals surface area contributed by atoms with Crippen LogP contribution in [0.3, 0.4) is 0 Å². The first-order valence-corrected chi connectivity index (χ1v) is 5.59. The summed E-state index contributed by atoms with van der Waals surface area (Å²) < 4.78 is 17.8. The number of nitrogens with one attached hydrogen (secondary N) is 1. The van der Waals surface area contributed by atoms with Crippen LogP contribution in [0.4, 0.5) is 4.39 Å². The van der Waals surface area contributed by atoms with Crippen LogP contribution in [-0.2, 0) is 6.42 Å². The van der Waals surface area contributed by atoms with Gasteiger partial charge in [-0.1, -0.05) is 12.1 Å². The Kier molecular flexibility index (Phi) is 3.82. The number of hydrogen-bond acceptors (Lipinski definition) is 4. The summed E-state index contributed by atoms with van der Waals surface area (Å²) in [6.07, 6.45) is 0.721. The van der Waals surface area contributed by atoms with Gasteiger partial charge in [-0.3, -0.25) is 0 Å². The van der Waals surface area contributed by atoms with Crippen LogP contribution < -0.4 is 5.32 Å². The lowest BCUT2D eigenvalue weighted by Gasteiger charge is -1.95. The molecule has 2 rings (SSSR count). The maximum atomic E-state index is 12.7. The highest BCUT2D eigenvalue weighted by molar-refractivity contribution is 5.52. The van der Waals surface area contributed by atoms with E-state index < -0.39 is 0 Å². The largest absolute Gasteiger partial charge is 0.334 e. The zero-order chi connectivity index (χ0) is 12.1.